The van der Waals surface area contributed by atoms with Crippen LogP contribution in [0, 0.1) is 0 Å². The molecule has 0 aliphatic heterocycles. The van der Waals surface area contributed by atoms with E-state index in [9.17, 15) is 4.79 Å². The molecule has 1 aliphatic carbocycles. The Balaban J connectivity index is 1.91. The molecule has 24 heavy (non-hydrogen) atoms. The van der Waals surface area contributed by atoms with Crippen molar-refractivity contribution in [2.24, 2.45) is 0 Å². The number of Topliss-reactive ketones (excluding diaryl/α,β-unsaturated/α-hetero) is 1. The van der Waals surface area contributed by atoms with Crippen LogP contribution in [0.3, 0.4) is 0 Å². The second-order valence-electron chi connectivity index (χ2n) is 5.86. The first-order valence-electron chi connectivity index (χ1n) is 8.06. The molecule has 3 aromatic carbocycles. The monoisotopic (exact) mass is 311 g/mol. The number of hydrogen-bond acceptors (Lipinski definition) is 2. The van der Waals surface area contributed by atoms with Gasteiger partial charge in [-0.2, -0.15) is 0 Å². The molecule has 0 atom stereocenters. The molecule has 0 amide bonds. The van der Waals surface area contributed by atoms with E-state index in [4.69, 9.17) is 0 Å². The fourth-order valence-electron chi connectivity index (χ4n) is 3.15. The lowest BCUT2D eigenvalue weighted by Crippen LogP contribution is -2.06. The van der Waals surface area contributed by atoms with E-state index in [0.29, 0.717) is 6.42 Å². The average Bonchev–Trinajstić information content (AvgIpc) is 2.97. The number of allylic oxidation sites excluding steroid dienone is 1. The zero-order valence-corrected chi connectivity index (χ0v) is 13.2. The molecule has 0 bridgehead atoms. The lowest BCUT2D eigenvalue weighted by Gasteiger charge is -2.15. The molecule has 116 valence electrons. The van der Waals surface area contributed by atoms with Crippen LogP contribution in [0.4, 0.5) is 5.69 Å². The van der Waals surface area contributed by atoms with Gasteiger partial charge in [0.25, 0.3) is 0 Å². The Bertz CT molecular complexity index is 911. The van der Waals surface area contributed by atoms with Crippen molar-refractivity contribution in [3.05, 3.63) is 102 Å². The maximum Gasteiger partial charge on any atom is 0.169 e. The Morgan fingerprint density at radius 3 is 2.12 bits per heavy atom. The van der Waals surface area contributed by atoms with Crippen LogP contribution < -0.4 is 5.32 Å². The Labute approximate surface area is 141 Å². The van der Waals surface area contributed by atoms with Gasteiger partial charge in [-0.3, -0.25) is 4.79 Å². The minimum atomic E-state index is 0.165. The molecular weight excluding hydrogens is 294 g/mol. The highest BCUT2D eigenvalue weighted by Gasteiger charge is 2.27. The summed E-state index contributed by atoms with van der Waals surface area (Å²) in [6, 6.07) is 28.1. The summed E-state index contributed by atoms with van der Waals surface area (Å²) in [5, 5.41) is 3.47. The van der Waals surface area contributed by atoms with Gasteiger partial charge in [0.2, 0.25) is 0 Å². The van der Waals surface area contributed by atoms with E-state index in [1.807, 2.05) is 84.9 Å². The van der Waals surface area contributed by atoms with Crippen molar-refractivity contribution >= 4 is 22.7 Å². The van der Waals surface area contributed by atoms with Gasteiger partial charge in [0.05, 0.1) is 5.70 Å². The molecule has 0 saturated heterocycles. The largest absolute Gasteiger partial charge is 0.354 e. The Morgan fingerprint density at radius 1 is 0.750 bits per heavy atom. The summed E-state index contributed by atoms with van der Waals surface area (Å²) in [6.45, 7) is 0. The van der Waals surface area contributed by atoms with Crippen molar-refractivity contribution in [1.82, 2.24) is 0 Å². The normalized spacial score (nSPS) is 15.1. The third kappa shape index (κ3) is 2.63. The van der Waals surface area contributed by atoms with E-state index in [0.717, 1.165) is 33.6 Å². The number of ketones is 1. The minimum absolute atomic E-state index is 0.165. The van der Waals surface area contributed by atoms with E-state index < -0.39 is 0 Å². The highest BCUT2D eigenvalue weighted by Crippen LogP contribution is 2.35. The van der Waals surface area contributed by atoms with E-state index in [1.54, 1.807) is 0 Å². The number of nitrogens with one attached hydrogen (secondary N) is 1. The van der Waals surface area contributed by atoms with Gasteiger partial charge < -0.3 is 5.32 Å². The van der Waals surface area contributed by atoms with Crippen molar-refractivity contribution < 1.29 is 4.79 Å². The Morgan fingerprint density at radius 2 is 1.38 bits per heavy atom. The van der Waals surface area contributed by atoms with Crippen LogP contribution >= 0.6 is 0 Å². The maximum absolute atomic E-state index is 12.7. The van der Waals surface area contributed by atoms with Gasteiger partial charge in [0.15, 0.2) is 5.78 Å². The summed E-state index contributed by atoms with van der Waals surface area (Å²) in [6.07, 6.45) is 0.471. The SMILES string of the molecule is O=C1Cc2ccccc2/C1=C(/Nc1ccccc1)c1ccccc1. The predicted molar refractivity (Wildman–Crippen MR) is 98.5 cm³/mol. The van der Waals surface area contributed by atoms with Crippen LogP contribution in [0.1, 0.15) is 16.7 Å². The second kappa shape index (κ2) is 6.17. The zero-order chi connectivity index (χ0) is 16.4. The van der Waals surface area contributed by atoms with E-state index in [-0.39, 0.29) is 5.78 Å². The van der Waals surface area contributed by atoms with Gasteiger partial charge >= 0.3 is 0 Å². The summed E-state index contributed by atoms with van der Waals surface area (Å²) in [4.78, 5) is 12.7. The number of para-hydroxylation sites is 1. The second-order valence-corrected chi connectivity index (χ2v) is 5.86. The third-order valence-electron chi connectivity index (χ3n) is 4.27. The lowest BCUT2D eigenvalue weighted by molar-refractivity contribution is -0.112. The van der Waals surface area contributed by atoms with Gasteiger partial charge in [-0.25, -0.2) is 0 Å². The zero-order valence-electron chi connectivity index (χ0n) is 13.2. The number of hydrogen-bond donors (Lipinski definition) is 1. The topological polar surface area (TPSA) is 29.1 Å². The summed E-state index contributed by atoms with van der Waals surface area (Å²) in [7, 11) is 0. The van der Waals surface area contributed by atoms with Crippen LogP contribution in [-0.4, -0.2) is 5.78 Å². The summed E-state index contributed by atoms with van der Waals surface area (Å²) < 4.78 is 0. The maximum atomic E-state index is 12.7. The van der Waals surface area contributed by atoms with Crippen molar-refractivity contribution in [2.45, 2.75) is 6.42 Å². The van der Waals surface area contributed by atoms with Crippen molar-refractivity contribution in [3.8, 4) is 0 Å². The van der Waals surface area contributed by atoms with Crippen LogP contribution in [-0.2, 0) is 11.2 Å². The number of carbonyl (C=O) groups excluding carboxylic acids is 1. The lowest BCUT2D eigenvalue weighted by atomic mass is 10.00. The molecule has 0 fully saturated rings. The number of rotatable bonds is 3. The number of anilines is 1. The molecule has 1 N–H and O–H groups in total. The highest BCUT2D eigenvalue weighted by molar-refractivity contribution is 6.32. The molecule has 0 radical (unpaired) electrons. The van der Waals surface area contributed by atoms with Gasteiger partial charge in [-0.15, -0.1) is 0 Å². The molecule has 0 heterocycles. The first kappa shape index (κ1) is 14.5. The van der Waals surface area contributed by atoms with Gasteiger partial charge in [0, 0.05) is 17.7 Å². The summed E-state index contributed by atoms with van der Waals surface area (Å²) in [5.41, 5.74) is 5.77. The van der Waals surface area contributed by atoms with Crippen LogP contribution in [0.15, 0.2) is 84.9 Å². The smallest absolute Gasteiger partial charge is 0.169 e. The fraction of sp³-hybridized carbons (Fsp3) is 0.0455. The first-order chi connectivity index (χ1) is 11.8. The summed E-state index contributed by atoms with van der Waals surface area (Å²) >= 11 is 0. The molecule has 1 aliphatic rings. The first-order valence-corrected chi connectivity index (χ1v) is 8.06. The quantitative estimate of drug-likeness (QED) is 0.704. The number of fused-ring (bicyclic) bond motifs is 1. The van der Waals surface area contributed by atoms with Crippen LogP contribution in [0.2, 0.25) is 0 Å². The molecule has 4 rings (SSSR count). The van der Waals surface area contributed by atoms with Crippen LogP contribution in [0.25, 0.3) is 11.3 Å². The average molecular weight is 311 g/mol. The van der Waals surface area contributed by atoms with Gasteiger partial charge in [-0.05, 0) is 28.8 Å². The van der Waals surface area contributed by atoms with Gasteiger partial charge in [-0.1, -0.05) is 72.8 Å². The summed E-state index contributed by atoms with van der Waals surface area (Å²) in [5.74, 6) is 0.165. The van der Waals surface area contributed by atoms with Crippen molar-refractivity contribution in [2.75, 3.05) is 5.32 Å². The molecular formula is C22H17NO. The van der Waals surface area contributed by atoms with Crippen LogP contribution in [0.5, 0.6) is 0 Å². The molecule has 3 aromatic rings. The Kier molecular flexibility index (Phi) is 3.72. The molecule has 0 saturated carbocycles. The number of carbonyl (C=O) groups is 1. The van der Waals surface area contributed by atoms with Crippen molar-refractivity contribution in [1.29, 1.82) is 0 Å². The molecule has 0 unspecified atom stereocenters. The third-order valence-corrected chi connectivity index (χ3v) is 4.27. The van der Waals surface area contributed by atoms with Gasteiger partial charge in [0.1, 0.15) is 0 Å². The highest BCUT2D eigenvalue weighted by atomic mass is 16.1. The molecule has 2 nitrogen and oxygen atoms in total. The standard InChI is InChI=1S/C22H17NO/c24-20-15-17-11-7-8-14-19(17)21(20)22(16-9-3-1-4-10-16)23-18-12-5-2-6-13-18/h1-14,23H,15H2/b22-21-. The minimum Gasteiger partial charge on any atom is -0.354 e. The Hall–Kier alpha value is -3.13. The van der Waals surface area contributed by atoms with E-state index in [2.05, 4.69) is 5.32 Å². The molecule has 2 heteroatoms. The predicted octanol–water partition coefficient (Wildman–Crippen LogP) is 4.79. The number of benzene rings is 3. The fourth-order valence-corrected chi connectivity index (χ4v) is 3.15. The van der Waals surface area contributed by atoms with E-state index >= 15 is 0 Å². The molecule has 0 spiro atoms. The van der Waals surface area contributed by atoms with E-state index in [1.165, 1.54) is 0 Å². The van der Waals surface area contributed by atoms with Crippen molar-refractivity contribution in [3.63, 3.8) is 0 Å². The molecule has 0 aromatic heterocycles.